The molecular weight excluding hydrogens is 262 g/mol. The van der Waals surface area contributed by atoms with Gasteiger partial charge in [0, 0.05) is 11.4 Å². The number of carbonyl (C=O) groups is 1. The van der Waals surface area contributed by atoms with Crippen molar-refractivity contribution in [1.82, 2.24) is 0 Å². The average molecular weight is 276 g/mol. The number of nitrogens with zero attached hydrogens (tertiary/aromatic N) is 1. The Morgan fingerprint density at radius 2 is 1.47 bits per heavy atom. The van der Waals surface area contributed by atoms with Crippen molar-refractivity contribution in [2.75, 3.05) is 22.2 Å². The first-order chi connectivity index (χ1) is 9.11. The van der Waals surface area contributed by atoms with Gasteiger partial charge in [0.05, 0.1) is 11.4 Å². The molecule has 0 saturated heterocycles. The maximum Gasteiger partial charge on any atom is 0.246 e. The SMILES string of the molecule is Nc1cccc(N(C(=O)CCl)c2cccc(N)c2)c1. The Balaban J connectivity index is 2.50. The van der Waals surface area contributed by atoms with Gasteiger partial charge in [-0.05, 0) is 36.4 Å². The first-order valence-corrected chi connectivity index (χ1v) is 6.25. The number of hydrogen-bond acceptors (Lipinski definition) is 3. The van der Waals surface area contributed by atoms with Crippen LogP contribution in [0.2, 0.25) is 0 Å². The van der Waals surface area contributed by atoms with E-state index in [4.69, 9.17) is 23.1 Å². The molecule has 1 amide bonds. The van der Waals surface area contributed by atoms with E-state index in [0.717, 1.165) is 0 Å². The molecule has 0 unspecified atom stereocenters. The second-order valence-corrected chi connectivity index (χ2v) is 4.32. The molecule has 0 saturated carbocycles. The zero-order valence-electron chi connectivity index (χ0n) is 10.2. The van der Waals surface area contributed by atoms with E-state index < -0.39 is 0 Å². The summed E-state index contributed by atoms with van der Waals surface area (Å²) in [4.78, 5) is 13.5. The molecule has 4 nitrogen and oxygen atoms in total. The Bertz CT molecular complexity index is 555. The van der Waals surface area contributed by atoms with E-state index in [0.29, 0.717) is 22.7 Å². The van der Waals surface area contributed by atoms with Gasteiger partial charge in [0.2, 0.25) is 5.91 Å². The highest BCUT2D eigenvalue weighted by molar-refractivity contribution is 6.30. The summed E-state index contributed by atoms with van der Waals surface area (Å²) in [7, 11) is 0. The van der Waals surface area contributed by atoms with Crippen LogP contribution in [0.15, 0.2) is 48.5 Å². The number of carbonyl (C=O) groups excluding carboxylic acids is 1. The summed E-state index contributed by atoms with van der Waals surface area (Å²) >= 11 is 5.67. The lowest BCUT2D eigenvalue weighted by atomic mass is 10.2. The number of nitrogen functional groups attached to an aromatic ring is 2. The van der Waals surface area contributed by atoms with E-state index in [1.54, 1.807) is 48.5 Å². The van der Waals surface area contributed by atoms with Crippen LogP contribution in [-0.2, 0) is 4.79 Å². The second kappa shape index (κ2) is 5.63. The van der Waals surface area contributed by atoms with Crippen LogP contribution in [0.1, 0.15) is 0 Å². The minimum absolute atomic E-state index is 0.121. The number of nitrogens with two attached hydrogens (primary N) is 2. The molecule has 0 radical (unpaired) electrons. The minimum Gasteiger partial charge on any atom is -0.399 e. The van der Waals surface area contributed by atoms with Crippen molar-refractivity contribution in [3.63, 3.8) is 0 Å². The summed E-state index contributed by atoms with van der Waals surface area (Å²) in [6.07, 6.45) is 0. The van der Waals surface area contributed by atoms with Gasteiger partial charge in [-0.2, -0.15) is 0 Å². The Morgan fingerprint density at radius 1 is 1.00 bits per heavy atom. The zero-order valence-corrected chi connectivity index (χ0v) is 11.0. The molecular formula is C14H14ClN3O. The third-order valence-electron chi connectivity index (χ3n) is 2.62. The molecule has 0 bridgehead atoms. The van der Waals surface area contributed by atoms with E-state index in [1.807, 2.05) is 0 Å². The van der Waals surface area contributed by atoms with Crippen molar-refractivity contribution < 1.29 is 4.79 Å². The highest BCUT2D eigenvalue weighted by Crippen LogP contribution is 2.28. The fourth-order valence-corrected chi connectivity index (χ4v) is 1.94. The van der Waals surface area contributed by atoms with Gasteiger partial charge in [-0.1, -0.05) is 12.1 Å². The topological polar surface area (TPSA) is 72.3 Å². The van der Waals surface area contributed by atoms with Crippen LogP contribution in [0, 0.1) is 0 Å². The predicted molar refractivity (Wildman–Crippen MR) is 79.6 cm³/mol. The zero-order chi connectivity index (χ0) is 13.8. The van der Waals surface area contributed by atoms with E-state index in [9.17, 15) is 4.79 Å². The highest BCUT2D eigenvalue weighted by Gasteiger charge is 2.17. The van der Waals surface area contributed by atoms with E-state index in [1.165, 1.54) is 4.90 Å². The maximum absolute atomic E-state index is 12.0. The van der Waals surface area contributed by atoms with Gasteiger partial charge in [0.15, 0.2) is 0 Å². The fraction of sp³-hybridized carbons (Fsp3) is 0.0714. The summed E-state index contributed by atoms with van der Waals surface area (Å²) in [6.45, 7) is 0. The van der Waals surface area contributed by atoms with E-state index in [2.05, 4.69) is 0 Å². The quantitative estimate of drug-likeness (QED) is 0.668. The molecule has 19 heavy (non-hydrogen) atoms. The van der Waals surface area contributed by atoms with Crippen LogP contribution in [0.4, 0.5) is 22.7 Å². The summed E-state index contributed by atoms with van der Waals surface area (Å²) in [5, 5.41) is 0. The van der Waals surface area contributed by atoms with Crippen LogP contribution < -0.4 is 16.4 Å². The molecule has 0 aliphatic heterocycles. The number of hydrogen-bond donors (Lipinski definition) is 2. The van der Waals surface area contributed by atoms with Gasteiger partial charge < -0.3 is 11.5 Å². The average Bonchev–Trinajstić information content (AvgIpc) is 2.39. The summed E-state index contributed by atoms with van der Waals surface area (Å²) in [5.41, 5.74) is 14.0. The van der Waals surface area contributed by atoms with Crippen molar-refractivity contribution in [2.24, 2.45) is 0 Å². The van der Waals surface area contributed by atoms with Gasteiger partial charge in [0.1, 0.15) is 5.88 Å². The number of benzene rings is 2. The molecule has 4 N–H and O–H groups in total. The van der Waals surface area contributed by atoms with Crippen molar-refractivity contribution >= 4 is 40.3 Å². The number of amides is 1. The van der Waals surface area contributed by atoms with Crippen molar-refractivity contribution in [3.05, 3.63) is 48.5 Å². The third kappa shape index (κ3) is 2.98. The monoisotopic (exact) mass is 275 g/mol. The lowest BCUT2D eigenvalue weighted by Gasteiger charge is -2.22. The van der Waals surface area contributed by atoms with E-state index in [-0.39, 0.29) is 11.8 Å². The van der Waals surface area contributed by atoms with Crippen LogP contribution in [0.5, 0.6) is 0 Å². The molecule has 5 heteroatoms. The molecule has 0 fully saturated rings. The molecule has 0 aromatic heterocycles. The molecule has 0 heterocycles. The minimum atomic E-state index is -0.238. The summed E-state index contributed by atoms with van der Waals surface area (Å²) in [5.74, 6) is -0.360. The van der Waals surface area contributed by atoms with Gasteiger partial charge in [0.25, 0.3) is 0 Å². The number of alkyl halides is 1. The molecule has 0 aliphatic rings. The number of halogens is 1. The van der Waals surface area contributed by atoms with Crippen LogP contribution in [-0.4, -0.2) is 11.8 Å². The number of anilines is 4. The third-order valence-corrected chi connectivity index (χ3v) is 2.85. The van der Waals surface area contributed by atoms with Gasteiger partial charge >= 0.3 is 0 Å². The van der Waals surface area contributed by atoms with Crippen molar-refractivity contribution in [2.45, 2.75) is 0 Å². The van der Waals surface area contributed by atoms with Crippen LogP contribution >= 0.6 is 11.6 Å². The van der Waals surface area contributed by atoms with E-state index >= 15 is 0 Å². The first-order valence-electron chi connectivity index (χ1n) is 5.72. The van der Waals surface area contributed by atoms with Crippen molar-refractivity contribution in [1.29, 1.82) is 0 Å². The van der Waals surface area contributed by atoms with Gasteiger partial charge in [-0.3, -0.25) is 9.69 Å². The first kappa shape index (κ1) is 13.2. The van der Waals surface area contributed by atoms with Gasteiger partial charge in [-0.25, -0.2) is 0 Å². The molecule has 2 aromatic rings. The Labute approximate surface area is 116 Å². The predicted octanol–water partition coefficient (Wildman–Crippen LogP) is 2.75. The van der Waals surface area contributed by atoms with Gasteiger partial charge in [-0.15, -0.1) is 11.6 Å². The Hall–Kier alpha value is -2.20. The van der Waals surface area contributed by atoms with Crippen LogP contribution in [0.3, 0.4) is 0 Å². The molecule has 2 aromatic carbocycles. The summed E-state index contributed by atoms with van der Waals surface area (Å²) in [6, 6.07) is 14.1. The standard InChI is InChI=1S/C14H14ClN3O/c15-9-14(19)18(12-5-1-3-10(16)7-12)13-6-2-4-11(17)8-13/h1-8H,9,16-17H2. The number of rotatable bonds is 3. The van der Waals surface area contributed by atoms with Crippen molar-refractivity contribution in [3.8, 4) is 0 Å². The lowest BCUT2D eigenvalue weighted by Crippen LogP contribution is -2.27. The Kier molecular flexibility index (Phi) is 3.92. The highest BCUT2D eigenvalue weighted by atomic mass is 35.5. The normalized spacial score (nSPS) is 10.2. The fourth-order valence-electron chi connectivity index (χ4n) is 1.82. The lowest BCUT2D eigenvalue weighted by molar-refractivity contribution is -0.115. The van der Waals surface area contributed by atoms with Crippen LogP contribution in [0.25, 0.3) is 0 Å². The largest absolute Gasteiger partial charge is 0.399 e. The Morgan fingerprint density at radius 3 is 1.84 bits per heavy atom. The molecule has 0 atom stereocenters. The summed E-state index contributed by atoms with van der Waals surface area (Å²) < 4.78 is 0. The maximum atomic E-state index is 12.0. The molecule has 2 rings (SSSR count). The second-order valence-electron chi connectivity index (χ2n) is 4.05. The molecule has 98 valence electrons. The molecule has 0 aliphatic carbocycles. The molecule has 0 spiro atoms. The smallest absolute Gasteiger partial charge is 0.246 e.